The molecule has 1 amide bonds. The summed E-state index contributed by atoms with van der Waals surface area (Å²) in [5.41, 5.74) is 5.19. The number of anilines is 1. The first kappa shape index (κ1) is 40.3. The van der Waals surface area contributed by atoms with Gasteiger partial charge in [-0.3, -0.25) is 10.2 Å². The van der Waals surface area contributed by atoms with Crippen molar-refractivity contribution < 1.29 is 9.53 Å². The molecule has 6 nitrogen and oxygen atoms in total. The number of amides is 1. The molecular weight excluding hydrogens is 742 g/mol. The highest BCUT2D eigenvalue weighted by molar-refractivity contribution is 8.01. The van der Waals surface area contributed by atoms with E-state index in [0.29, 0.717) is 40.6 Å². The fourth-order valence-corrected chi connectivity index (χ4v) is 9.12. The van der Waals surface area contributed by atoms with Crippen molar-refractivity contribution in [2.75, 3.05) is 11.6 Å². The van der Waals surface area contributed by atoms with Gasteiger partial charge in [0, 0.05) is 17.5 Å². The van der Waals surface area contributed by atoms with Crippen molar-refractivity contribution in [3.63, 3.8) is 0 Å². The number of hydrogen-bond acceptors (Lipinski definition) is 5. The number of aliphatic imine (C=N–C) groups is 1. The lowest BCUT2D eigenvalue weighted by atomic mass is 9.91. The third kappa shape index (κ3) is 10.9. The number of benzene rings is 2. The van der Waals surface area contributed by atoms with Crippen molar-refractivity contribution in [2.24, 2.45) is 4.99 Å². The van der Waals surface area contributed by atoms with E-state index in [-0.39, 0.29) is 21.5 Å². The van der Waals surface area contributed by atoms with Gasteiger partial charge in [0.2, 0.25) is 0 Å². The molecule has 2 fully saturated rings. The fourth-order valence-electron chi connectivity index (χ4n) is 6.79. The molecule has 51 heavy (non-hydrogen) atoms. The highest BCUT2D eigenvalue weighted by atomic mass is 35.5. The molecule has 0 bridgehead atoms. The number of aryl methyl sites for hydroxylation is 1. The van der Waals surface area contributed by atoms with Crippen molar-refractivity contribution in [3.8, 4) is 5.75 Å². The van der Waals surface area contributed by atoms with Gasteiger partial charge in [0.05, 0.1) is 37.8 Å². The van der Waals surface area contributed by atoms with E-state index in [4.69, 9.17) is 56.1 Å². The Morgan fingerprint density at radius 2 is 1.55 bits per heavy atom. The monoisotopic (exact) mass is 792 g/mol. The molecule has 2 aliphatic heterocycles. The lowest BCUT2D eigenvalue weighted by Gasteiger charge is -2.20. The first-order valence-electron chi connectivity index (χ1n) is 18.7. The van der Waals surface area contributed by atoms with Crippen molar-refractivity contribution >= 4 is 75.6 Å². The Hall–Kier alpha value is -1.87. The molecule has 3 aliphatic rings. The highest BCUT2D eigenvalue weighted by Gasteiger charge is 2.52. The molecule has 1 spiro atoms. The molecule has 1 aliphatic carbocycles. The predicted molar refractivity (Wildman–Crippen MR) is 218 cm³/mol. The highest BCUT2D eigenvalue weighted by Crippen LogP contribution is 2.45. The summed E-state index contributed by atoms with van der Waals surface area (Å²) in [5, 5.41) is 5.82. The zero-order chi connectivity index (χ0) is 36.4. The maximum Gasteiger partial charge on any atom is 0.267 e. The van der Waals surface area contributed by atoms with Gasteiger partial charge in [-0.05, 0) is 55.7 Å². The number of hydrogen-bond donors (Lipinski definition) is 2. The molecule has 2 saturated heterocycles. The number of hydrazine groups is 1. The second kappa shape index (κ2) is 19.5. The number of rotatable bonds is 20. The minimum Gasteiger partial charge on any atom is -0.492 e. The van der Waals surface area contributed by atoms with Gasteiger partial charge >= 0.3 is 0 Å². The summed E-state index contributed by atoms with van der Waals surface area (Å²) in [6, 6.07) is 9.54. The molecule has 0 saturated carbocycles. The topological polar surface area (TPSA) is 75.9 Å². The van der Waals surface area contributed by atoms with Crippen LogP contribution in [-0.4, -0.2) is 35.2 Å². The van der Waals surface area contributed by atoms with Crippen LogP contribution in [0.5, 0.6) is 5.75 Å². The van der Waals surface area contributed by atoms with Gasteiger partial charge in [-0.2, -0.15) is 0 Å². The Morgan fingerprint density at radius 3 is 2.22 bits per heavy atom. The van der Waals surface area contributed by atoms with Gasteiger partial charge in [-0.25, -0.2) is 10.0 Å². The molecule has 3 unspecified atom stereocenters. The van der Waals surface area contributed by atoms with Crippen LogP contribution >= 0.6 is 58.2 Å². The predicted octanol–water partition coefficient (Wildman–Crippen LogP) is 12.4. The van der Waals surface area contributed by atoms with E-state index in [1.54, 1.807) is 12.1 Å². The number of ether oxygens (including phenoxy) is 1. The van der Waals surface area contributed by atoms with Crippen LogP contribution in [0.4, 0.5) is 5.69 Å². The molecule has 5 rings (SSSR count). The fraction of sp³-hybridized carbons (Fsp3) is 0.550. The number of carbonyl (C=O) groups excluding carboxylic acids is 1. The molecule has 0 aromatic heterocycles. The van der Waals surface area contributed by atoms with E-state index in [2.05, 4.69) is 30.7 Å². The summed E-state index contributed by atoms with van der Waals surface area (Å²) in [6.45, 7) is 7.02. The van der Waals surface area contributed by atoms with E-state index in [1.165, 1.54) is 87.4 Å². The lowest BCUT2D eigenvalue weighted by Crippen LogP contribution is -2.36. The molecule has 2 aromatic rings. The molecule has 2 heterocycles. The van der Waals surface area contributed by atoms with Crippen LogP contribution in [0.2, 0.25) is 15.1 Å². The van der Waals surface area contributed by atoms with Crippen LogP contribution in [0.15, 0.2) is 63.1 Å². The number of carbonyl (C=O) groups is 1. The average Bonchev–Trinajstić information content (AvgIpc) is 3.68. The minimum absolute atomic E-state index is 0.166. The van der Waals surface area contributed by atoms with E-state index in [1.807, 2.05) is 31.2 Å². The first-order chi connectivity index (χ1) is 24.7. The van der Waals surface area contributed by atoms with Crippen molar-refractivity contribution in [2.45, 2.75) is 139 Å². The molecule has 278 valence electrons. The number of thioether (sulfide) groups is 1. The molecule has 2 N–H and O–H groups in total. The van der Waals surface area contributed by atoms with Crippen LogP contribution < -0.4 is 20.5 Å². The quantitative estimate of drug-likeness (QED) is 0.103. The standard InChI is InChI=1S/C40H52Cl4N4O2S/c1-4-6-8-9-10-11-12-13-14-15-16-17-35-40(46-35)21-20-29(42)32(26-40)45-38-37(51-34-23-27(3)18-19-33(34)50-22-7-5-2)39(49)48(47-38)36-30(43)24-28(41)25-31(36)44/h18-21,23-25,35,37,46H,4-17,22,26H2,1-3H3,(H,45,47). The minimum atomic E-state index is -0.735. The van der Waals surface area contributed by atoms with Crippen LogP contribution in [0.1, 0.15) is 116 Å². The van der Waals surface area contributed by atoms with Gasteiger partial charge in [-0.1, -0.05) is 149 Å². The Balaban J connectivity index is 1.28. The molecule has 2 aromatic carbocycles. The maximum atomic E-state index is 14.3. The maximum absolute atomic E-state index is 14.3. The van der Waals surface area contributed by atoms with Crippen LogP contribution in [0, 0.1) is 6.92 Å². The number of nitrogens with zero attached hydrogens (tertiary/aromatic N) is 2. The first-order valence-corrected chi connectivity index (χ1v) is 21.1. The lowest BCUT2D eigenvalue weighted by molar-refractivity contribution is -0.116. The Morgan fingerprint density at radius 1 is 0.902 bits per heavy atom. The molecular formula is C40H52Cl4N4O2S. The number of amidine groups is 1. The zero-order valence-corrected chi connectivity index (χ0v) is 34.0. The van der Waals surface area contributed by atoms with Crippen molar-refractivity contribution in [3.05, 3.63) is 73.8 Å². The average molecular weight is 795 g/mol. The summed E-state index contributed by atoms with van der Waals surface area (Å²) in [4.78, 5) is 20.2. The third-order valence-corrected chi connectivity index (χ3v) is 12.2. The normalized spacial score (nSPS) is 22.1. The van der Waals surface area contributed by atoms with Gasteiger partial charge in [0.1, 0.15) is 22.5 Å². The summed E-state index contributed by atoms with van der Waals surface area (Å²) in [5.74, 6) is 0.924. The van der Waals surface area contributed by atoms with Gasteiger partial charge < -0.3 is 10.1 Å². The van der Waals surface area contributed by atoms with Crippen LogP contribution in [0.3, 0.4) is 0 Å². The molecule has 0 radical (unpaired) electrons. The SMILES string of the molecule is CCCCCCCCCCCCCC1NC12C=CC(Cl)=C(N=C1NN(c3c(Cl)cc(Cl)cc3Cl)C(=O)C1Sc1cc(C)ccc1OCCCC)C2. The van der Waals surface area contributed by atoms with Crippen molar-refractivity contribution in [1.82, 2.24) is 10.7 Å². The summed E-state index contributed by atoms with van der Waals surface area (Å²) < 4.78 is 6.16. The largest absolute Gasteiger partial charge is 0.492 e. The van der Waals surface area contributed by atoms with Gasteiger partial charge in [0.25, 0.3) is 5.91 Å². The third-order valence-electron chi connectivity index (χ3n) is 9.82. The van der Waals surface area contributed by atoms with Gasteiger partial charge in [0.15, 0.2) is 0 Å². The second-order valence-electron chi connectivity index (χ2n) is 14.0. The number of unbranched alkanes of at least 4 members (excludes halogenated alkanes) is 11. The van der Waals surface area contributed by atoms with Gasteiger partial charge in [-0.15, -0.1) is 11.8 Å². The summed E-state index contributed by atoms with van der Waals surface area (Å²) in [7, 11) is 0. The van der Waals surface area contributed by atoms with E-state index in [0.717, 1.165) is 41.2 Å². The Kier molecular flexibility index (Phi) is 15.4. The molecule has 11 heteroatoms. The number of allylic oxidation sites excluding steroid dienone is 2. The number of nitrogens with one attached hydrogen (secondary N) is 2. The van der Waals surface area contributed by atoms with Crippen LogP contribution in [0.25, 0.3) is 0 Å². The van der Waals surface area contributed by atoms with E-state index in [9.17, 15) is 4.79 Å². The van der Waals surface area contributed by atoms with Crippen LogP contribution in [-0.2, 0) is 4.79 Å². The second-order valence-corrected chi connectivity index (χ2v) is 16.8. The Labute approximate surface area is 329 Å². The summed E-state index contributed by atoms with van der Waals surface area (Å²) >= 11 is 27.7. The Bertz CT molecular complexity index is 1590. The summed E-state index contributed by atoms with van der Waals surface area (Å²) in [6.07, 6.45) is 22.5. The smallest absolute Gasteiger partial charge is 0.267 e. The van der Waals surface area contributed by atoms with E-state index >= 15 is 0 Å². The number of halogens is 4. The van der Waals surface area contributed by atoms with Crippen molar-refractivity contribution in [1.29, 1.82) is 0 Å². The zero-order valence-electron chi connectivity index (χ0n) is 30.1. The molecule has 3 atom stereocenters. The van der Waals surface area contributed by atoms with E-state index < -0.39 is 5.25 Å².